The third-order valence-electron chi connectivity index (χ3n) is 4.47. The van der Waals surface area contributed by atoms with Gasteiger partial charge in [-0.25, -0.2) is 0 Å². The summed E-state index contributed by atoms with van der Waals surface area (Å²) in [6, 6.07) is 6.47. The number of fused-ring (bicyclic) bond motifs is 1. The summed E-state index contributed by atoms with van der Waals surface area (Å²) >= 11 is 0. The van der Waals surface area contributed by atoms with Crippen molar-refractivity contribution in [2.75, 3.05) is 19.7 Å². The molecule has 0 aromatic heterocycles. The number of ketones is 1. The van der Waals surface area contributed by atoms with Gasteiger partial charge >= 0.3 is 0 Å². The number of hydrogen-bond acceptors (Lipinski definition) is 3. The Kier molecular flexibility index (Phi) is 3.42. The standard InChI is InChI=1S/C16H21NO2/c1-11-5-6-13(8-12(11)2)16(18)15-9-17-7-3-4-14(17)10-19-15/h5-6,8,14-15H,3-4,7,9-10H2,1-2H3. The highest BCUT2D eigenvalue weighted by Gasteiger charge is 2.35. The summed E-state index contributed by atoms with van der Waals surface area (Å²) in [5.41, 5.74) is 3.17. The van der Waals surface area contributed by atoms with Crippen LogP contribution in [-0.4, -0.2) is 42.5 Å². The first-order valence-electron chi connectivity index (χ1n) is 7.12. The fraction of sp³-hybridized carbons (Fsp3) is 0.562. The molecule has 102 valence electrons. The SMILES string of the molecule is Cc1ccc(C(=O)C2CN3CCCC3CO2)cc1C. The second kappa shape index (κ2) is 5.06. The lowest BCUT2D eigenvalue weighted by Crippen LogP contribution is -2.49. The third-order valence-corrected chi connectivity index (χ3v) is 4.47. The first-order chi connectivity index (χ1) is 9.15. The van der Waals surface area contributed by atoms with Crippen molar-refractivity contribution < 1.29 is 9.53 Å². The zero-order chi connectivity index (χ0) is 13.4. The number of ether oxygens (including phenoxy) is 1. The van der Waals surface area contributed by atoms with Crippen LogP contribution in [0.25, 0.3) is 0 Å². The van der Waals surface area contributed by atoms with Gasteiger partial charge in [-0.1, -0.05) is 12.1 Å². The topological polar surface area (TPSA) is 29.5 Å². The van der Waals surface area contributed by atoms with Crippen LogP contribution in [0.2, 0.25) is 0 Å². The van der Waals surface area contributed by atoms with E-state index in [1.165, 1.54) is 24.0 Å². The summed E-state index contributed by atoms with van der Waals surface area (Å²) in [6.07, 6.45) is 2.17. The van der Waals surface area contributed by atoms with E-state index in [2.05, 4.69) is 11.8 Å². The number of rotatable bonds is 2. The molecule has 3 nitrogen and oxygen atoms in total. The number of carbonyl (C=O) groups excluding carboxylic acids is 1. The second-order valence-electron chi connectivity index (χ2n) is 5.78. The Balaban J connectivity index is 1.74. The molecular formula is C16H21NO2. The van der Waals surface area contributed by atoms with E-state index in [0.717, 1.165) is 18.7 Å². The van der Waals surface area contributed by atoms with Crippen LogP contribution in [0.3, 0.4) is 0 Å². The highest BCUT2D eigenvalue weighted by Crippen LogP contribution is 2.24. The molecule has 0 amide bonds. The summed E-state index contributed by atoms with van der Waals surface area (Å²) in [6.45, 7) is 6.70. The largest absolute Gasteiger partial charge is 0.367 e. The van der Waals surface area contributed by atoms with E-state index in [0.29, 0.717) is 12.6 Å². The molecule has 3 heteroatoms. The minimum Gasteiger partial charge on any atom is -0.367 e. The normalized spacial score (nSPS) is 27.3. The number of hydrogen-bond donors (Lipinski definition) is 0. The summed E-state index contributed by atoms with van der Waals surface area (Å²) < 4.78 is 5.79. The number of carbonyl (C=O) groups is 1. The molecule has 2 atom stereocenters. The summed E-state index contributed by atoms with van der Waals surface area (Å²) in [5, 5.41) is 0. The van der Waals surface area contributed by atoms with Crippen LogP contribution < -0.4 is 0 Å². The van der Waals surface area contributed by atoms with Crippen LogP contribution in [0.4, 0.5) is 0 Å². The molecule has 0 bridgehead atoms. The molecule has 2 heterocycles. The average Bonchev–Trinajstić information content (AvgIpc) is 2.88. The zero-order valence-electron chi connectivity index (χ0n) is 11.7. The molecule has 19 heavy (non-hydrogen) atoms. The molecule has 0 N–H and O–H groups in total. The molecule has 2 aliphatic heterocycles. The average molecular weight is 259 g/mol. The number of nitrogens with zero attached hydrogens (tertiary/aromatic N) is 1. The van der Waals surface area contributed by atoms with Gasteiger partial charge in [-0.3, -0.25) is 9.69 Å². The van der Waals surface area contributed by atoms with Gasteiger partial charge in [-0.2, -0.15) is 0 Å². The monoisotopic (exact) mass is 259 g/mol. The maximum Gasteiger partial charge on any atom is 0.192 e. The minimum atomic E-state index is -0.281. The Labute approximate surface area is 114 Å². The van der Waals surface area contributed by atoms with Crippen LogP contribution in [0.5, 0.6) is 0 Å². The smallest absolute Gasteiger partial charge is 0.192 e. The van der Waals surface area contributed by atoms with Crippen LogP contribution in [0, 0.1) is 13.8 Å². The van der Waals surface area contributed by atoms with Crippen LogP contribution in [0.15, 0.2) is 18.2 Å². The van der Waals surface area contributed by atoms with E-state index < -0.39 is 0 Å². The van der Waals surface area contributed by atoms with Crippen molar-refractivity contribution in [3.63, 3.8) is 0 Å². The van der Waals surface area contributed by atoms with E-state index >= 15 is 0 Å². The first-order valence-corrected chi connectivity index (χ1v) is 7.12. The van der Waals surface area contributed by atoms with Crippen LogP contribution >= 0.6 is 0 Å². The van der Waals surface area contributed by atoms with E-state index in [1.54, 1.807) is 0 Å². The van der Waals surface area contributed by atoms with Crippen molar-refractivity contribution >= 4 is 5.78 Å². The van der Waals surface area contributed by atoms with Crippen LogP contribution in [-0.2, 0) is 4.74 Å². The van der Waals surface area contributed by atoms with Crippen molar-refractivity contribution in [1.82, 2.24) is 4.90 Å². The Bertz CT molecular complexity index is 498. The van der Waals surface area contributed by atoms with E-state index in [1.807, 2.05) is 25.1 Å². The molecular weight excluding hydrogens is 238 g/mol. The molecule has 0 spiro atoms. The number of Topliss-reactive ketones (excluding diaryl/α,β-unsaturated/α-hetero) is 1. The predicted octanol–water partition coefficient (Wildman–Crippen LogP) is 2.35. The molecule has 3 rings (SSSR count). The Morgan fingerprint density at radius 3 is 2.95 bits per heavy atom. The second-order valence-corrected chi connectivity index (χ2v) is 5.78. The first kappa shape index (κ1) is 12.8. The van der Waals surface area contributed by atoms with Crippen LogP contribution in [0.1, 0.15) is 34.3 Å². The predicted molar refractivity (Wildman–Crippen MR) is 74.6 cm³/mol. The molecule has 2 fully saturated rings. The molecule has 1 aromatic rings. The lowest BCUT2D eigenvalue weighted by molar-refractivity contribution is -0.0344. The number of morpholine rings is 1. The lowest BCUT2D eigenvalue weighted by atomic mass is 10.00. The fourth-order valence-corrected chi connectivity index (χ4v) is 3.06. The number of aryl methyl sites for hydroxylation is 2. The number of benzene rings is 1. The van der Waals surface area contributed by atoms with Crippen molar-refractivity contribution in [1.29, 1.82) is 0 Å². The third kappa shape index (κ3) is 2.45. The lowest BCUT2D eigenvalue weighted by Gasteiger charge is -2.34. The van der Waals surface area contributed by atoms with Gasteiger partial charge in [-0.05, 0) is 50.4 Å². The molecule has 2 saturated heterocycles. The van der Waals surface area contributed by atoms with E-state index in [4.69, 9.17) is 4.74 Å². The molecule has 2 aliphatic rings. The van der Waals surface area contributed by atoms with Gasteiger partial charge in [0.05, 0.1) is 6.61 Å². The molecule has 0 aliphatic carbocycles. The van der Waals surface area contributed by atoms with Crippen molar-refractivity contribution in [3.05, 3.63) is 34.9 Å². The van der Waals surface area contributed by atoms with Gasteiger partial charge in [0.1, 0.15) is 6.10 Å². The Morgan fingerprint density at radius 2 is 2.16 bits per heavy atom. The Hall–Kier alpha value is -1.19. The summed E-state index contributed by atoms with van der Waals surface area (Å²) in [4.78, 5) is 14.9. The highest BCUT2D eigenvalue weighted by atomic mass is 16.5. The Morgan fingerprint density at radius 1 is 1.32 bits per heavy atom. The zero-order valence-corrected chi connectivity index (χ0v) is 11.7. The van der Waals surface area contributed by atoms with E-state index in [9.17, 15) is 4.79 Å². The maximum atomic E-state index is 12.5. The van der Waals surface area contributed by atoms with Gasteiger partial charge in [0, 0.05) is 18.2 Å². The molecule has 0 saturated carbocycles. The van der Waals surface area contributed by atoms with Gasteiger partial charge in [-0.15, -0.1) is 0 Å². The van der Waals surface area contributed by atoms with E-state index in [-0.39, 0.29) is 11.9 Å². The van der Waals surface area contributed by atoms with Crippen molar-refractivity contribution in [3.8, 4) is 0 Å². The van der Waals surface area contributed by atoms with Gasteiger partial charge in [0.25, 0.3) is 0 Å². The van der Waals surface area contributed by atoms with Gasteiger partial charge < -0.3 is 4.74 Å². The highest BCUT2D eigenvalue weighted by molar-refractivity contribution is 6.00. The van der Waals surface area contributed by atoms with Crippen molar-refractivity contribution in [2.45, 2.75) is 38.8 Å². The maximum absolute atomic E-state index is 12.5. The summed E-state index contributed by atoms with van der Waals surface area (Å²) in [5.74, 6) is 0.133. The molecule has 1 aromatic carbocycles. The molecule has 0 radical (unpaired) electrons. The quantitative estimate of drug-likeness (QED) is 0.764. The fourth-order valence-electron chi connectivity index (χ4n) is 3.06. The van der Waals surface area contributed by atoms with Crippen molar-refractivity contribution in [2.24, 2.45) is 0 Å². The molecule has 2 unspecified atom stereocenters. The van der Waals surface area contributed by atoms with Gasteiger partial charge in [0.2, 0.25) is 0 Å². The minimum absolute atomic E-state index is 0.133. The van der Waals surface area contributed by atoms with Gasteiger partial charge in [0.15, 0.2) is 5.78 Å². The summed E-state index contributed by atoms with van der Waals surface area (Å²) in [7, 11) is 0.